The van der Waals surface area contributed by atoms with Crippen LogP contribution in [0, 0.1) is 0 Å². The number of nitrogens with one attached hydrogen (secondary N) is 3. The summed E-state index contributed by atoms with van der Waals surface area (Å²) >= 11 is 0. The first-order chi connectivity index (χ1) is 11.6. The largest absolute Gasteiger partial charge is 0.467 e. The van der Waals surface area contributed by atoms with Crippen LogP contribution in [-0.2, 0) is 9.59 Å². The molecule has 24 heavy (non-hydrogen) atoms. The van der Waals surface area contributed by atoms with Gasteiger partial charge in [0.15, 0.2) is 0 Å². The summed E-state index contributed by atoms with van der Waals surface area (Å²) in [6, 6.07) is 12.6. The molecule has 0 saturated heterocycles. The number of carbonyl (C=O) groups is 2. The molecule has 0 bridgehead atoms. The topological polar surface area (TPSA) is 83.4 Å². The second-order valence-corrected chi connectivity index (χ2v) is 5.42. The average molecular weight is 329 g/mol. The number of carbonyl (C=O) groups excluding carboxylic acids is 2. The van der Waals surface area contributed by atoms with E-state index < -0.39 is 6.04 Å². The minimum atomic E-state index is -0.571. The average Bonchev–Trinajstić information content (AvgIpc) is 3.10. The van der Waals surface area contributed by atoms with Gasteiger partial charge in [-0.25, -0.2) is 0 Å². The van der Waals surface area contributed by atoms with E-state index in [-0.39, 0.29) is 24.4 Å². The maximum atomic E-state index is 12.1. The number of hydrogen-bond donors (Lipinski definition) is 3. The molecule has 0 unspecified atom stereocenters. The molecule has 3 N–H and O–H groups in total. The molecular formula is C18H23N3O3. The van der Waals surface area contributed by atoms with Gasteiger partial charge < -0.3 is 15.1 Å². The number of likely N-dealkylation sites (N-methyl/N-ethyl adjacent to an activating group) is 1. The third-order valence-corrected chi connectivity index (χ3v) is 3.55. The monoisotopic (exact) mass is 329 g/mol. The van der Waals surface area contributed by atoms with E-state index >= 15 is 0 Å². The summed E-state index contributed by atoms with van der Waals surface area (Å²) in [6.45, 7) is 4.10. The summed E-state index contributed by atoms with van der Waals surface area (Å²) in [5, 5.41) is 8.52. The van der Waals surface area contributed by atoms with Gasteiger partial charge in [-0.05, 0) is 31.5 Å². The highest BCUT2D eigenvalue weighted by molar-refractivity contribution is 5.87. The third kappa shape index (κ3) is 4.96. The van der Waals surface area contributed by atoms with E-state index in [1.165, 1.54) is 0 Å². The van der Waals surface area contributed by atoms with Crippen LogP contribution in [0.5, 0.6) is 0 Å². The molecule has 128 valence electrons. The van der Waals surface area contributed by atoms with Gasteiger partial charge in [0.25, 0.3) is 0 Å². The van der Waals surface area contributed by atoms with Crippen molar-refractivity contribution in [3.05, 3.63) is 60.1 Å². The zero-order valence-corrected chi connectivity index (χ0v) is 13.9. The second-order valence-electron chi connectivity index (χ2n) is 5.42. The summed E-state index contributed by atoms with van der Waals surface area (Å²) in [5.41, 5.74) is 0.997. The normalized spacial score (nSPS) is 13.1. The van der Waals surface area contributed by atoms with Gasteiger partial charge in [0.2, 0.25) is 11.8 Å². The minimum Gasteiger partial charge on any atom is -0.467 e. The lowest BCUT2D eigenvalue weighted by molar-refractivity contribution is -0.128. The van der Waals surface area contributed by atoms with Crippen LogP contribution in [0.25, 0.3) is 0 Å². The summed E-state index contributed by atoms with van der Waals surface area (Å²) in [6.07, 6.45) is 1.60. The predicted molar refractivity (Wildman–Crippen MR) is 91.3 cm³/mol. The van der Waals surface area contributed by atoms with Crippen LogP contribution in [0.3, 0.4) is 0 Å². The molecule has 1 aromatic carbocycles. The van der Waals surface area contributed by atoms with E-state index in [1.807, 2.05) is 49.4 Å². The first-order valence-corrected chi connectivity index (χ1v) is 8.00. The molecule has 6 nitrogen and oxygen atoms in total. The molecule has 2 atom stereocenters. The number of furan rings is 1. The molecule has 2 amide bonds. The predicted octanol–water partition coefficient (Wildman–Crippen LogP) is 1.60. The van der Waals surface area contributed by atoms with Crippen LogP contribution in [-0.4, -0.2) is 30.9 Å². The van der Waals surface area contributed by atoms with Gasteiger partial charge in [0, 0.05) is 6.54 Å². The van der Waals surface area contributed by atoms with E-state index in [4.69, 9.17) is 4.42 Å². The van der Waals surface area contributed by atoms with Crippen molar-refractivity contribution < 1.29 is 14.0 Å². The van der Waals surface area contributed by atoms with Crippen LogP contribution >= 0.6 is 0 Å². The number of hydrogen-bond acceptors (Lipinski definition) is 4. The molecular weight excluding hydrogens is 306 g/mol. The lowest BCUT2D eigenvalue weighted by atomic mass is 10.0. The Balaban J connectivity index is 1.96. The van der Waals surface area contributed by atoms with Crippen molar-refractivity contribution in [3.63, 3.8) is 0 Å². The van der Waals surface area contributed by atoms with Crippen LogP contribution in [0.1, 0.15) is 31.2 Å². The summed E-state index contributed by atoms with van der Waals surface area (Å²) in [4.78, 5) is 23.7. The molecule has 2 rings (SSSR count). The van der Waals surface area contributed by atoms with E-state index in [0.29, 0.717) is 6.54 Å². The Morgan fingerprint density at radius 2 is 1.88 bits per heavy atom. The fourth-order valence-electron chi connectivity index (χ4n) is 2.36. The Bertz CT molecular complexity index is 641. The molecule has 1 aromatic heterocycles. The van der Waals surface area contributed by atoms with Gasteiger partial charge in [-0.2, -0.15) is 0 Å². The lowest BCUT2D eigenvalue weighted by Gasteiger charge is -2.18. The lowest BCUT2D eigenvalue weighted by Crippen LogP contribution is -2.47. The fraction of sp³-hybridized carbons (Fsp3) is 0.333. The fourth-order valence-corrected chi connectivity index (χ4v) is 2.36. The number of benzene rings is 1. The van der Waals surface area contributed by atoms with Crippen molar-refractivity contribution in [2.45, 2.75) is 25.9 Å². The van der Waals surface area contributed by atoms with Crippen molar-refractivity contribution in [1.29, 1.82) is 0 Å². The highest BCUT2D eigenvalue weighted by atomic mass is 16.3. The Kier molecular flexibility index (Phi) is 6.57. The van der Waals surface area contributed by atoms with Crippen molar-refractivity contribution in [3.8, 4) is 0 Å². The Morgan fingerprint density at radius 1 is 1.12 bits per heavy atom. The second kappa shape index (κ2) is 8.88. The molecule has 0 aliphatic rings. The highest BCUT2D eigenvalue weighted by Gasteiger charge is 2.19. The first kappa shape index (κ1) is 17.7. The zero-order valence-electron chi connectivity index (χ0n) is 13.9. The molecule has 0 spiro atoms. The molecule has 6 heteroatoms. The molecule has 0 radical (unpaired) electrons. The maximum Gasteiger partial charge on any atom is 0.242 e. The molecule has 0 aliphatic carbocycles. The SMILES string of the molecule is CCNC(=O)[C@@H](C)NC(=O)CN[C@H](c1ccccc1)c1ccco1. The number of amides is 2. The van der Waals surface area contributed by atoms with Gasteiger partial charge in [-0.15, -0.1) is 0 Å². The Labute approximate surface area is 141 Å². The van der Waals surface area contributed by atoms with E-state index in [9.17, 15) is 9.59 Å². The van der Waals surface area contributed by atoms with Crippen molar-refractivity contribution in [2.75, 3.05) is 13.1 Å². The van der Waals surface area contributed by atoms with Gasteiger partial charge in [0.1, 0.15) is 11.8 Å². The molecule has 0 fully saturated rings. The van der Waals surface area contributed by atoms with Crippen molar-refractivity contribution >= 4 is 11.8 Å². The summed E-state index contributed by atoms with van der Waals surface area (Å²) < 4.78 is 5.48. The van der Waals surface area contributed by atoms with Gasteiger partial charge in [0.05, 0.1) is 18.8 Å². The van der Waals surface area contributed by atoms with Gasteiger partial charge >= 0.3 is 0 Å². The molecule has 2 aromatic rings. The minimum absolute atomic E-state index is 0.0734. The summed E-state index contributed by atoms with van der Waals surface area (Å²) in [7, 11) is 0. The third-order valence-electron chi connectivity index (χ3n) is 3.55. The first-order valence-electron chi connectivity index (χ1n) is 8.00. The quantitative estimate of drug-likeness (QED) is 0.687. The van der Waals surface area contributed by atoms with Gasteiger partial charge in [-0.1, -0.05) is 30.3 Å². The zero-order chi connectivity index (χ0) is 17.4. The van der Waals surface area contributed by atoms with E-state index in [1.54, 1.807) is 13.2 Å². The van der Waals surface area contributed by atoms with Crippen molar-refractivity contribution in [1.82, 2.24) is 16.0 Å². The maximum absolute atomic E-state index is 12.1. The van der Waals surface area contributed by atoms with Crippen LogP contribution in [0.4, 0.5) is 0 Å². The van der Waals surface area contributed by atoms with Crippen molar-refractivity contribution in [2.24, 2.45) is 0 Å². The molecule has 0 saturated carbocycles. The van der Waals surface area contributed by atoms with Gasteiger partial charge in [-0.3, -0.25) is 14.9 Å². The Morgan fingerprint density at radius 3 is 2.50 bits per heavy atom. The Hall–Kier alpha value is -2.60. The van der Waals surface area contributed by atoms with E-state index in [2.05, 4.69) is 16.0 Å². The highest BCUT2D eigenvalue weighted by Crippen LogP contribution is 2.21. The smallest absolute Gasteiger partial charge is 0.242 e. The van der Waals surface area contributed by atoms with Crippen LogP contribution in [0.2, 0.25) is 0 Å². The number of rotatable bonds is 8. The molecule has 0 aliphatic heterocycles. The van der Waals surface area contributed by atoms with Crippen LogP contribution < -0.4 is 16.0 Å². The standard InChI is InChI=1S/C18H23N3O3/c1-3-19-18(23)13(2)21-16(22)12-20-17(15-10-7-11-24-15)14-8-5-4-6-9-14/h4-11,13,17,20H,3,12H2,1-2H3,(H,19,23)(H,21,22)/t13-,17-/m1/s1. The van der Waals surface area contributed by atoms with E-state index in [0.717, 1.165) is 11.3 Å². The molecule has 1 heterocycles. The van der Waals surface area contributed by atoms with Crippen LogP contribution in [0.15, 0.2) is 53.1 Å². The summed E-state index contributed by atoms with van der Waals surface area (Å²) in [5.74, 6) is 0.281.